The van der Waals surface area contributed by atoms with Gasteiger partial charge in [0.1, 0.15) is 11.6 Å². The molecule has 2 rings (SSSR count). The summed E-state index contributed by atoms with van der Waals surface area (Å²) in [6.07, 6.45) is -2.02. The summed E-state index contributed by atoms with van der Waals surface area (Å²) in [5.41, 5.74) is 2.11. The summed E-state index contributed by atoms with van der Waals surface area (Å²) in [7, 11) is 1.58. The maximum Gasteiger partial charge on any atom is 0.451 e. The lowest BCUT2D eigenvalue weighted by molar-refractivity contribution is -0.144. The average Bonchev–Trinajstić information content (AvgIpc) is 2.84. The predicted octanol–water partition coefficient (Wildman–Crippen LogP) is 1.76. The molecule has 112 valence electrons. The van der Waals surface area contributed by atoms with Crippen molar-refractivity contribution in [1.82, 2.24) is 9.97 Å². The standard InChI is InChI=1S/C11H16F3N5O/c1-20-7-4-2-3-6(7)16-8-5-9(19-15)18-10(17-8)11(12,13)14/h5-7H,2-4,15H2,1H3,(H2,16,17,18,19). The van der Waals surface area contributed by atoms with Crippen molar-refractivity contribution in [3.63, 3.8) is 0 Å². The van der Waals surface area contributed by atoms with E-state index in [1.165, 1.54) is 6.07 Å². The molecule has 0 bridgehead atoms. The fraction of sp³-hybridized carbons (Fsp3) is 0.636. The van der Waals surface area contributed by atoms with Gasteiger partial charge in [0.15, 0.2) is 0 Å². The Morgan fingerprint density at radius 2 is 2.00 bits per heavy atom. The van der Waals surface area contributed by atoms with E-state index in [0.29, 0.717) is 0 Å². The van der Waals surface area contributed by atoms with Crippen LogP contribution < -0.4 is 16.6 Å². The van der Waals surface area contributed by atoms with Crippen molar-refractivity contribution < 1.29 is 17.9 Å². The molecule has 1 aliphatic carbocycles. The zero-order valence-corrected chi connectivity index (χ0v) is 10.9. The third-order valence-electron chi connectivity index (χ3n) is 3.22. The van der Waals surface area contributed by atoms with Crippen molar-refractivity contribution in [2.24, 2.45) is 5.84 Å². The number of nitrogens with one attached hydrogen (secondary N) is 2. The Hall–Kier alpha value is -1.61. The molecule has 1 aromatic heterocycles. The summed E-state index contributed by atoms with van der Waals surface area (Å²) in [6, 6.07) is 1.27. The van der Waals surface area contributed by atoms with Gasteiger partial charge < -0.3 is 15.5 Å². The topological polar surface area (TPSA) is 85.1 Å². The van der Waals surface area contributed by atoms with E-state index < -0.39 is 12.0 Å². The van der Waals surface area contributed by atoms with Crippen molar-refractivity contribution in [2.75, 3.05) is 17.9 Å². The number of anilines is 2. The average molecular weight is 291 g/mol. The van der Waals surface area contributed by atoms with Gasteiger partial charge in [-0.15, -0.1) is 0 Å². The van der Waals surface area contributed by atoms with E-state index in [1.54, 1.807) is 7.11 Å². The molecule has 2 atom stereocenters. The molecule has 1 aromatic rings. The molecule has 20 heavy (non-hydrogen) atoms. The maximum absolute atomic E-state index is 12.7. The molecule has 9 heteroatoms. The SMILES string of the molecule is COC1CCCC1Nc1cc(NN)nc(C(F)(F)F)n1. The normalized spacial score (nSPS) is 22.9. The number of nitrogens with zero attached hydrogens (tertiary/aromatic N) is 2. The van der Waals surface area contributed by atoms with Crippen LogP contribution in [0.15, 0.2) is 6.07 Å². The summed E-state index contributed by atoms with van der Waals surface area (Å²) < 4.78 is 43.4. The van der Waals surface area contributed by atoms with E-state index in [2.05, 4.69) is 20.7 Å². The van der Waals surface area contributed by atoms with Crippen LogP contribution in [0.5, 0.6) is 0 Å². The van der Waals surface area contributed by atoms with Gasteiger partial charge in [0.2, 0.25) is 5.82 Å². The molecule has 1 heterocycles. The zero-order valence-electron chi connectivity index (χ0n) is 10.9. The molecule has 0 aromatic carbocycles. The van der Waals surface area contributed by atoms with Crippen LogP contribution in [0.1, 0.15) is 25.1 Å². The molecular formula is C11H16F3N5O. The van der Waals surface area contributed by atoms with Gasteiger partial charge in [-0.3, -0.25) is 0 Å². The second kappa shape index (κ2) is 5.80. The monoisotopic (exact) mass is 291 g/mol. The summed E-state index contributed by atoms with van der Waals surface area (Å²) in [5, 5.41) is 2.96. The molecule has 0 spiro atoms. The molecule has 0 radical (unpaired) electrons. The van der Waals surface area contributed by atoms with Crippen molar-refractivity contribution in [1.29, 1.82) is 0 Å². The van der Waals surface area contributed by atoms with Crippen molar-refractivity contribution in [3.8, 4) is 0 Å². The number of ether oxygens (including phenoxy) is 1. The number of alkyl halides is 3. The Labute approximate surface area is 113 Å². The van der Waals surface area contributed by atoms with Crippen LogP contribution in [0.2, 0.25) is 0 Å². The van der Waals surface area contributed by atoms with E-state index in [4.69, 9.17) is 10.6 Å². The highest BCUT2D eigenvalue weighted by Crippen LogP contribution is 2.30. The first kappa shape index (κ1) is 14.8. The van der Waals surface area contributed by atoms with Crippen LogP contribution >= 0.6 is 0 Å². The molecular weight excluding hydrogens is 275 g/mol. The summed E-state index contributed by atoms with van der Waals surface area (Å²) in [4.78, 5) is 6.78. The summed E-state index contributed by atoms with van der Waals surface area (Å²) >= 11 is 0. The first-order valence-electron chi connectivity index (χ1n) is 6.16. The molecule has 6 nitrogen and oxygen atoms in total. The zero-order chi connectivity index (χ0) is 14.8. The van der Waals surface area contributed by atoms with E-state index in [1.807, 2.05) is 0 Å². The first-order valence-corrected chi connectivity index (χ1v) is 6.16. The number of rotatable bonds is 4. The highest BCUT2D eigenvalue weighted by molar-refractivity contribution is 5.48. The lowest BCUT2D eigenvalue weighted by Crippen LogP contribution is -2.30. The van der Waals surface area contributed by atoms with E-state index in [9.17, 15) is 13.2 Å². The number of nitrogen functional groups attached to an aromatic ring is 1. The van der Waals surface area contributed by atoms with E-state index in [0.717, 1.165) is 19.3 Å². The minimum Gasteiger partial charge on any atom is -0.379 e. The Balaban J connectivity index is 2.22. The Bertz CT molecular complexity index is 468. The number of hydrazine groups is 1. The predicted molar refractivity (Wildman–Crippen MR) is 66.9 cm³/mol. The van der Waals surface area contributed by atoms with Crippen LogP contribution in [0.25, 0.3) is 0 Å². The van der Waals surface area contributed by atoms with Crippen LogP contribution in [-0.2, 0) is 10.9 Å². The minimum absolute atomic E-state index is 0.0337. The maximum atomic E-state index is 12.7. The first-order chi connectivity index (χ1) is 9.44. The van der Waals surface area contributed by atoms with Gasteiger partial charge in [-0.05, 0) is 19.3 Å². The van der Waals surface area contributed by atoms with Gasteiger partial charge in [0.25, 0.3) is 0 Å². The van der Waals surface area contributed by atoms with Gasteiger partial charge in [0, 0.05) is 13.2 Å². The molecule has 1 aliphatic rings. The van der Waals surface area contributed by atoms with E-state index >= 15 is 0 Å². The fourth-order valence-electron chi connectivity index (χ4n) is 2.29. The molecule has 0 amide bonds. The van der Waals surface area contributed by atoms with Gasteiger partial charge in [-0.2, -0.15) is 13.2 Å². The molecule has 1 fully saturated rings. The second-order valence-corrected chi connectivity index (χ2v) is 4.56. The van der Waals surface area contributed by atoms with Crippen LogP contribution in [0, 0.1) is 0 Å². The van der Waals surface area contributed by atoms with Gasteiger partial charge in [-0.25, -0.2) is 15.8 Å². The highest BCUT2D eigenvalue weighted by atomic mass is 19.4. The number of nitrogens with two attached hydrogens (primary N) is 1. The summed E-state index contributed by atoms with van der Waals surface area (Å²) in [5.74, 6) is 3.88. The third-order valence-corrected chi connectivity index (χ3v) is 3.22. The van der Waals surface area contributed by atoms with E-state index in [-0.39, 0.29) is 23.8 Å². The molecule has 1 saturated carbocycles. The third kappa shape index (κ3) is 3.28. The number of methoxy groups -OCH3 is 1. The number of hydrogen-bond acceptors (Lipinski definition) is 6. The fourth-order valence-corrected chi connectivity index (χ4v) is 2.29. The number of hydrogen-bond donors (Lipinski definition) is 3. The van der Waals surface area contributed by atoms with Crippen molar-refractivity contribution in [3.05, 3.63) is 11.9 Å². The molecule has 0 saturated heterocycles. The van der Waals surface area contributed by atoms with Gasteiger partial charge in [-0.1, -0.05) is 0 Å². The lowest BCUT2D eigenvalue weighted by atomic mass is 10.2. The van der Waals surface area contributed by atoms with Crippen LogP contribution in [-0.4, -0.2) is 29.2 Å². The van der Waals surface area contributed by atoms with Crippen molar-refractivity contribution in [2.45, 2.75) is 37.6 Å². The number of aromatic nitrogens is 2. The highest BCUT2D eigenvalue weighted by Gasteiger charge is 2.36. The quantitative estimate of drug-likeness (QED) is 0.579. The van der Waals surface area contributed by atoms with Crippen LogP contribution in [0.3, 0.4) is 0 Å². The summed E-state index contributed by atoms with van der Waals surface area (Å²) in [6.45, 7) is 0. The Kier molecular flexibility index (Phi) is 4.29. The Morgan fingerprint density at radius 1 is 1.30 bits per heavy atom. The molecule has 4 N–H and O–H groups in total. The second-order valence-electron chi connectivity index (χ2n) is 4.56. The largest absolute Gasteiger partial charge is 0.451 e. The lowest BCUT2D eigenvalue weighted by Gasteiger charge is -2.21. The Morgan fingerprint density at radius 3 is 2.60 bits per heavy atom. The molecule has 0 aliphatic heterocycles. The minimum atomic E-state index is -4.63. The van der Waals surface area contributed by atoms with Gasteiger partial charge in [0.05, 0.1) is 12.1 Å². The van der Waals surface area contributed by atoms with Crippen LogP contribution in [0.4, 0.5) is 24.8 Å². The van der Waals surface area contributed by atoms with Gasteiger partial charge >= 0.3 is 6.18 Å². The number of halogens is 3. The smallest absolute Gasteiger partial charge is 0.379 e. The molecule has 2 unspecified atom stereocenters. The van der Waals surface area contributed by atoms with Crippen molar-refractivity contribution >= 4 is 11.6 Å².